The summed E-state index contributed by atoms with van der Waals surface area (Å²) in [6.07, 6.45) is 5.72. The minimum atomic E-state index is -3.29. The van der Waals surface area contributed by atoms with Crippen LogP contribution in [0.3, 0.4) is 0 Å². The SMILES string of the molecule is CC(C)CC1(CNS(=O)(=O)CCO)CCCC1. The third-order valence-electron chi connectivity index (χ3n) is 3.53. The molecule has 0 spiro atoms. The Bertz CT molecular complexity index is 319. The fourth-order valence-corrected chi connectivity index (χ4v) is 3.81. The Hall–Kier alpha value is -0.130. The van der Waals surface area contributed by atoms with E-state index in [0.717, 1.165) is 19.3 Å². The van der Waals surface area contributed by atoms with Crippen LogP contribution in [0.4, 0.5) is 0 Å². The first-order valence-electron chi connectivity index (χ1n) is 6.47. The molecule has 0 aromatic heterocycles. The minimum Gasteiger partial charge on any atom is -0.395 e. The molecule has 5 heteroatoms. The fraction of sp³-hybridized carbons (Fsp3) is 1.00. The van der Waals surface area contributed by atoms with Gasteiger partial charge in [0.2, 0.25) is 10.0 Å². The first-order valence-corrected chi connectivity index (χ1v) is 8.13. The third-order valence-corrected chi connectivity index (χ3v) is 4.84. The maximum Gasteiger partial charge on any atom is 0.213 e. The number of sulfonamides is 1. The second kappa shape index (κ2) is 6.16. The van der Waals surface area contributed by atoms with E-state index in [2.05, 4.69) is 18.6 Å². The van der Waals surface area contributed by atoms with Crippen molar-refractivity contribution < 1.29 is 13.5 Å². The van der Waals surface area contributed by atoms with Gasteiger partial charge in [0.25, 0.3) is 0 Å². The number of aliphatic hydroxyl groups is 1. The predicted octanol–water partition coefficient (Wildman–Crippen LogP) is 1.50. The maximum atomic E-state index is 11.5. The molecule has 0 amide bonds. The van der Waals surface area contributed by atoms with E-state index in [1.165, 1.54) is 12.8 Å². The molecular formula is C12H25NO3S. The molecule has 1 aliphatic rings. The van der Waals surface area contributed by atoms with Crippen LogP contribution in [0.25, 0.3) is 0 Å². The zero-order valence-electron chi connectivity index (χ0n) is 10.9. The molecule has 0 bridgehead atoms. The van der Waals surface area contributed by atoms with E-state index < -0.39 is 10.0 Å². The summed E-state index contributed by atoms with van der Waals surface area (Å²) in [5.41, 5.74) is 0.149. The number of nitrogens with one attached hydrogen (secondary N) is 1. The van der Waals surface area contributed by atoms with Crippen molar-refractivity contribution >= 4 is 10.0 Å². The normalized spacial score (nSPS) is 20.0. The zero-order chi connectivity index (χ0) is 12.9. The Labute approximate surface area is 105 Å². The molecule has 0 heterocycles. The van der Waals surface area contributed by atoms with E-state index in [1.54, 1.807) is 0 Å². The van der Waals surface area contributed by atoms with E-state index >= 15 is 0 Å². The van der Waals surface area contributed by atoms with Gasteiger partial charge in [-0.15, -0.1) is 0 Å². The van der Waals surface area contributed by atoms with Gasteiger partial charge < -0.3 is 5.11 Å². The van der Waals surface area contributed by atoms with Gasteiger partial charge in [-0.25, -0.2) is 13.1 Å². The van der Waals surface area contributed by atoms with Gasteiger partial charge >= 0.3 is 0 Å². The van der Waals surface area contributed by atoms with Crippen molar-refractivity contribution in [3.05, 3.63) is 0 Å². The topological polar surface area (TPSA) is 66.4 Å². The number of hydrogen-bond acceptors (Lipinski definition) is 3. The average molecular weight is 263 g/mol. The van der Waals surface area contributed by atoms with Crippen molar-refractivity contribution in [2.24, 2.45) is 11.3 Å². The van der Waals surface area contributed by atoms with Crippen molar-refractivity contribution in [2.45, 2.75) is 46.0 Å². The van der Waals surface area contributed by atoms with Crippen LogP contribution in [0.1, 0.15) is 46.0 Å². The molecule has 1 rings (SSSR count). The van der Waals surface area contributed by atoms with E-state index in [0.29, 0.717) is 12.5 Å². The molecule has 2 N–H and O–H groups in total. The fourth-order valence-electron chi connectivity index (χ4n) is 2.90. The smallest absolute Gasteiger partial charge is 0.213 e. The average Bonchev–Trinajstić information content (AvgIpc) is 2.63. The van der Waals surface area contributed by atoms with Gasteiger partial charge in [-0.1, -0.05) is 26.7 Å². The lowest BCUT2D eigenvalue weighted by Gasteiger charge is -2.31. The lowest BCUT2D eigenvalue weighted by Crippen LogP contribution is -2.38. The van der Waals surface area contributed by atoms with Crippen LogP contribution < -0.4 is 4.72 Å². The summed E-state index contributed by atoms with van der Waals surface area (Å²) in [4.78, 5) is 0. The molecule has 0 aromatic carbocycles. The quantitative estimate of drug-likeness (QED) is 0.731. The number of rotatable bonds is 7. The van der Waals surface area contributed by atoms with Gasteiger partial charge in [0.15, 0.2) is 0 Å². The Balaban J connectivity index is 2.56. The van der Waals surface area contributed by atoms with Crippen molar-refractivity contribution in [3.8, 4) is 0 Å². The molecule has 1 fully saturated rings. The van der Waals surface area contributed by atoms with E-state index in [1.807, 2.05) is 0 Å². The molecule has 0 radical (unpaired) electrons. The summed E-state index contributed by atoms with van der Waals surface area (Å²) in [5.74, 6) is 0.403. The van der Waals surface area contributed by atoms with Gasteiger partial charge in [0.05, 0.1) is 12.4 Å². The molecule has 1 aliphatic carbocycles. The molecule has 4 nitrogen and oxygen atoms in total. The second-order valence-corrected chi connectivity index (χ2v) is 7.60. The van der Waals surface area contributed by atoms with Crippen LogP contribution in [0.15, 0.2) is 0 Å². The minimum absolute atomic E-state index is 0.149. The molecule has 0 atom stereocenters. The number of hydrogen-bond donors (Lipinski definition) is 2. The van der Waals surface area contributed by atoms with Crippen LogP contribution in [0, 0.1) is 11.3 Å². The molecule has 0 saturated heterocycles. The van der Waals surface area contributed by atoms with E-state index in [-0.39, 0.29) is 17.8 Å². The summed E-state index contributed by atoms with van der Waals surface area (Å²) >= 11 is 0. The Kier molecular flexibility index (Phi) is 5.41. The number of aliphatic hydroxyl groups excluding tert-OH is 1. The highest BCUT2D eigenvalue weighted by Gasteiger charge is 2.35. The summed E-state index contributed by atoms with van der Waals surface area (Å²) in [7, 11) is -3.29. The monoisotopic (exact) mass is 263 g/mol. The summed E-state index contributed by atoms with van der Waals surface area (Å²) in [5, 5.41) is 8.68. The molecule has 17 heavy (non-hydrogen) atoms. The van der Waals surface area contributed by atoms with Crippen LogP contribution in [0.5, 0.6) is 0 Å². The highest BCUT2D eigenvalue weighted by atomic mass is 32.2. The van der Waals surface area contributed by atoms with Gasteiger partial charge in [0.1, 0.15) is 0 Å². The van der Waals surface area contributed by atoms with Crippen LogP contribution in [-0.2, 0) is 10.0 Å². The van der Waals surface area contributed by atoms with Gasteiger partial charge in [-0.2, -0.15) is 0 Å². The Morgan fingerprint density at radius 3 is 2.35 bits per heavy atom. The zero-order valence-corrected chi connectivity index (χ0v) is 11.7. The van der Waals surface area contributed by atoms with Crippen molar-refractivity contribution in [1.29, 1.82) is 0 Å². The lowest BCUT2D eigenvalue weighted by atomic mass is 9.79. The Morgan fingerprint density at radius 1 is 1.29 bits per heavy atom. The first-order chi connectivity index (χ1) is 7.89. The van der Waals surface area contributed by atoms with Crippen molar-refractivity contribution in [1.82, 2.24) is 4.72 Å². The molecule has 0 unspecified atom stereocenters. The third kappa shape index (κ3) is 4.94. The summed E-state index contributed by atoms with van der Waals surface area (Å²) < 4.78 is 25.7. The largest absolute Gasteiger partial charge is 0.395 e. The molecule has 0 aliphatic heterocycles. The van der Waals surface area contributed by atoms with Gasteiger partial charge in [-0.05, 0) is 30.6 Å². The highest BCUT2D eigenvalue weighted by molar-refractivity contribution is 7.89. The van der Waals surface area contributed by atoms with Crippen LogP contribution in [-0.4, -0.2) is 32.4 Å². The Morgan fingerprint density at radius 2 is 1.88 bits per heavy atom. The van der Waals surface area contributed by atoms with E-state index in [9.17, 15) is 8.42 Å². The molecular weight excluding hydrogens is 238 g/mol. The second-order valence-electron chi connectivity index (χ2n) is 5.67. The highest BCUT2D eigenvalue weighted by Crippen LogP contribution is 2.42. The van der Waals surface area contributed by atoms with Gasteiger partial charge in [0, 0.05) is 6.54 Å². The molecule has 102 valence electrons. The van der Waals surface area contributed by atoms with Crippen molar-refractivity contribution in [2.75, 3.05) is 18.9 Å². The van der Waals surface area contributed by atoms with E-state index in [4.69, 9.17) is 5.11 Å². The standard InChI is InChI=1S/C12H25NO3S/c1-11(2)9-12(5-3-4-6-12)10-13-17(15,16)8-7-14/h11,13-14H,3-10H2,1-2H3. The van der Waals surface area contributed by atoms with Crippen LogP contribution in [0.2, 0.25) is 0 Å². The van der Waals surface area contributed by atoms with Gasteiger partial charge in [-0.3, -0.25) is 0 Å². The first kappa shape index (κ1) is 14.9. The summed E-state index contributed by atoms with van der Waals surface area (Å²) in [6.45, 7) is 4.59. The predicted molar refractivity (Wildman–Crippen MR) is 69.2 cm³/mol. The molecule has 0 aromatic rings. The summed E-state index contributed by atoms with van der Waals surface area (Å²) in [6, 6.07) is 0. The van der Waals surface area contributed by atoms with Crippen molar-refractivity contribution in [3.63, 3.8) is 0 Å². The molecule has 1 saturated carbocycles. The van der Waals surface area contributed by atoms with Crippen LogP contribution >= 0.6 is 0 Å². The maximum absolute atomic E-state index is 11.5. The lowest BCUT2D eigenvalue weighted by molar-refractivity contribution is 0.236.